The Labute approximate surface area is 194 Å². The molecule has 5 rings (SSSR count). The van der Waals surface area contributed by atoms with E-state index in [1.807, 2.05) is 38.1 Å². The maximum Gasteiger partial charge on any atom is 0.435 e. The van der Waals surface area contributed by atoms with Gasteiger partial charge in [0.15, 0.2) is 5.69 Å². The van der Waals surface area contributed by atoms with Crippen molar-refractivity contribution >= 4 is 11.6 Å². The summed E-state index contributed by atoms with van der Waals surface area (Å²) < 4.78 is 48.0. The second-order valence-electron chi connectivity index (χ2n) is 8.28. The number of hydrogen-bond acceptors (Lipinski definition) is 3. The van der Waals surface area contributed by atoms with Crippen molar-refractivity contribution in [3.05, 3.63) is 89.0 Å². The van der Waals surface area contributed by atoms with Crippen LogP contribution in [0, 0.1) is 6.92 Å². The zero-order valence-electron chi connectivity index (χ0n) is 18.7. The first-order valence-electron chi connectivity index (χ1n) is 11.0. The maximum atomic E-state index is 13.7. The minimum atomic E-state index is -4.57. The lowest BCUT2D eigenvalue weighted by molar-refractivity contribution is -0.142. The number of carbonyl (C=O) groups excluding carboxylic acids is 1. The van der Waals surface area contributed by atoms with Crippen LogP contribution in [0.4, 0.5) is 18.9 Å². The third kappa shape index (κ3) is 3.69. The van der Waals surface area contributed by atoms with Gasteiger partial charge in [-0.3, -0.25) is 4.79 Å². The van der Waals surface area contributed by atoms with Crippen LogP contribution in [-0.4, -0.2) is 22.2 Å². The van der Waals surface area contributed by atoms with Gasteiger partial charge in [0.2, 0.25) is 0 Å². The number of fused-ring (bicyclic) bond motifs is 3. The van der Waals surface area contributed by atoms with E-state index < -0.39 is 11.9 Å². The van der Waals surface area contributed by atoms with E-state index in [9.17, 15) is 18.0 Å². The van der Waals surface area contributed by atoms with Crippen LogP contribution in [0.3, 0.4) is 0 Å². The highest BCUT2D eigenvalue weighted by molar-refractivity contribution is 6.06. The number of halogens is 3. The van der Waals surface area contributed by atoms with Gasteiger partial charge in [0.05, 0.1) is 17.6 Å². The Morgan fingerprint density at radius 1 is 1.12 bits per heavy atom. The SMILES string of the molecule is CCN(C(=O)c1ccc(-n2nc(C(F)(F)F)c3c2-c2ccoc2CC3)cc1)c1cccc(C)c1. The first-order valence-corrected chi connectivity index (χ1v) is 11.0. The second-order valence-corrected chi connectivity index (χ2v) is 8.28. The number of nitrogens with zero attached hydrogens (tertiary/aromatic N) is 3. The summed E-state index contributed by atoms with van der Waals surface area (Å²) in [7, 11) is 0. The van der Waals surface area contributed by atoms with E-state index in [0.717, 1.165) is 11.3 Å². The molecule has 2 aromatic carbocycles. The number of benzene rings is 2. The fraction of sp³-hybridized carbons (Fsp3) is 0.231. The van der Waals surface area contributed by atoms with Gasteiger partial charge in [0.25, 0.3) is 5.91 Å². The maximum absolute atomic E-state index is 13.7. The molecular formula is C26H22F3N3O2. The van der Waals surface area contributed by atoms with Crippen molar-refractivity contribution in [2.45, 2.75) is 32.9 Å². The van der Waals surface area contributed by atoms with Crippen molar-refractivity contribution < 1.29 is 22.4 Å². The van der Waals surface area contributed by atoms with Gasteiger partial charge in [0.1, 0.15) is 5.76 Å². The van der Waals surface area contributed by atoms with Crippen molar-refractivity contribution in [2.75, 3.05) is 11.4 Å². The van der Waals surface area contributed by atoms with Gasteiger partial charge in [0, 0.05) is 35.3 Å². The Bertz CT molecular complexity index is 1370. The molecule has 0 bridgehead atoms. The molecule has 0 saturated heterocycles. The zero-order chi connectivity index (χ0) is 24.0. The topological polar surface area (TPSA) is 51.3 Å². The molecule has 0 aliphatic heterocycles. The average molecular weight is 465 g/mol. The van der Waals surface area contributed by atoms with E-state index in [-0.39, 0.29) is 17.9 Å². The van der Waals surface area contributed by atoms with Crippen LogP contribution >= 0.6 is 0 Å². The van der Waals surface area contributed by atoms with Crippen molar-refractivity contribution in [3.8, 4) is 16.9 Å². The summed E-state index contributed by atoms with van der Waals surface area (Å²) >= 11 is 0. The Kier molecular flexibility index (Phi) is 5.31. The van der Waals surface area contributed by atoms with Crippen LogP contribution in [0.2, 0.25) is 0 Å². The number of aromatic nitrogens is 2. The highest BCUT2D eigenvalue weighted by Crippen LogP contribution is 2.42. The predicted octanol–water partition coefficient (Wildman–Crippen LogP) is 6.22. The molecule has 0 unspecified atom stereocenters. The fourth-order valence-electron chi connectivity index (χ4n) is 4.50. The summed E-state index contributed by atoms with van der Waals surface area (Å²) in [4.78, 5) is 14.8. The van der Waals surface area contributed by atoms with Crippen LogP contribution in [-0.2, 0) is 19.0 Å². The number of carbonyl (C=O) groups is 1. The average Bonchev–Trinajstić information content (AvgIpc) is 3.44. The van der Waals surface area contributed by atoms with Gasteiger partial charge in [-0.05, 0) is 68.3 Å². The van der Waals surface area contributed by atoms with Gasteiger partial charge in [-0.15, -0.1) is 0 Å². The molecule has 1 amide bonds. The standard InChI is InChI=1S/C26H22F3N3O2/c1-3-31(19-6-4-5-16(2)15-19)25(33)17-7-9-18(10-8-17)32-23-20-13-14-34-22(20)12-11-21(23)24(30-32)26(27,28)29/h4-10,13-15H,3,11-12H2,1-2H3. The van der Waals surface area contributed by atoms with Crippen molar-refractivity contribution in [1.29, 1.82) is 0 Å². The number of furan rings is 1. The summed E-state index contributed by atoms with van der Waals surface area (Å²) in [6.07, 6.45) is -2.49. The number of alkyl halides is 3. The Morgan fingerprint density at radius 3 is 2.56 bits per heavy atom. The molecule has 2 aromatic heterocycles. The van der Waals surface area contributed by atoms with Crippen LogP contribution in [0.5, 0.6) is 0 Å². The summed E-state index contributed by atoms with van der Waals surface area (Å²) in [5.41, 5.74) is 2.99. The molecule has 0 radical (unpaired) electrons. The molecule has 5 nitrogen and oxygen atoms in total. The molecule has 8 heteroatoms. The van der Waals surface area contributed by atoms with Gasteiger partial charge >= 0.3 is 6.18 Å². The number of aryl methyl sites for hydroxylation is 2. The third-order valence-electron chi connectivity index (χ3n) is 6.09. The van der Waals surface area contributed by atoms with E-state index in [0.29, 0.717) is 41.2 Å². The van der Waals surface area contributed by atoms with Gasteiger partial charge in [-0.2, -0.15) is 18.3 Å². The lowest BCUT2D eigenvalue weighted by Crippen LogP contribution is -2.30. The zero-order valence-corrected chi connectivity index (χ0v) is 18.7. The van der Waals surface area contributed by atoms with Gasteiger partial charge in [-0.25, -0.2) is 4.68 Å². The smallest absolute Gasteiger partial charge is 0.435 e. The lowest BCUT2D eigenvalue weighted by Gasteiger charge is -2.22. The first-order chi connectivity index (χ1) is 16.3. The molecule has 0 saturated carbocycles. The highest BCUT2D eigenvalue weighted by Gasteiger charge is 2.41. The quantitative estimate of drug-likeness (QED) is 0.359. The van der Waals surface area contributed by atoms with E-state index in [4.69, 9.17) is 4.42 Å². The molecule has 0 fully saturated rings. The van der Waals surface area contributed by atoms with E-state index in [1.165, 1.54) is 10.9 Å². The molecule has 0 atom stereocenters. The molecule has 0 spiro atoms. The van der Waals surface area contributed by atoms with Crippen LogP contribution in [0.15, 0.2) is 65.3 Å². The van der Waals surface area contributed by atoms with Crippen LogP contribution in [0.25, 0.3) is 16.9 Å². The predicted molar refractivity (Wildman–Crippen MR) is 122 cm³/mol. The lowest BCUT2D eigenvalue weighted by atomic mass is 9.94. The Hall–Kier alpha value is -3.81. The third-order valence-corrected chi connectivity index (χ3v) is 6.09. The molecule has 1 aliphatic carbocycles. The largest absolute Gasteiger partial charge is 0.469 e. The van der Waals surface area contributed by atoms with E-state index in [1.54, 1.807) is 35.2 Å². The minimum Gasteiger partial charge on any atom is -0.469 e. The van der Waals surface area contributed by atoms with Crippen molar-refractivity contribution in [3.63, 3.8) is 0 Å². The minimum absolute atomic E-state index is 0.165. The van der Waals surface area contributed by atoms with E-state index in [2.05, 4.69) is 5.10 Å². The number of rotatable bonds is 4. The Balaban J connectivity index is 1.53. The van der Waals surface area contributed by atoms with Gasteiger partial charge in [-0.1, -0.05) is 12.1 Å². The highest BCUT2D eigenvalue weighted by atomic mass is 19.4. The first kappa shape index (κ1) is 22.0. The summed E-state index contributed by atoms with van der Waals surface area (Å²) in [6.45, 7) is 4.34. The normalized spacial score (nSPS) is 12.9. The number of hydrogen-bond donors (Lipinski definition) is 0. The second kappa shape index (κ2) is 8.20. The van der Waals surface area contributed by atoms with E-state index >= 15 is 0 Å². The molecule has 0 N–H and O–H groups in total. The van der Waals surface area contributed by atoms with Crippen LogP contribution < -0.4 is 4.90 Å². The molecular weight excluding hydrogens is 443 g/mol. The summed E-state index contributed by atoms with van der Waals surface area (Å²) in [5, 5.41) is 3.95. The summed E-state index contributed by atoms with van der Waals surface area (Å²) in [5.74, 6) is 0.459. The van der Waals surface area contributed by atoms with Crippen molar-refractivity contribution in [1.82, 2.24) is 9.78 Å². The van der Waals surface area contributed by atoms with Gasteiger partial charge < -0.3 is 9.32 Å². The molecule has 174 valence electrons. The molecule has 34 heavy (non-hydrogen) atoms. The molecule has 4 aromatic rings. The Morgan fingerprint density at radius 2 is 1.88 bits per heavy atom. The molecule has 2 heterocycles. The monoisotopic (exact) mass is 465 g/mol. The number of amides is 1. The van der Waals surface area contributed by atoms with Crippen molar-refractivity contribution in [2.24, 2.45) is 0 Å². The molecule has 1 aliphatic rings. The van der Waals surface area contributed by atoms with Crippen LogP contribution in [0.1, 0.15) is 39.9 Å². The summed E-state index contributed by atoms with van der Waals surface area (Å²) in [6, 6.07) is 15.8. The fourth-order valence-corrected chi connectivity index (χ4v) is 4.50. The number of anilines is 1.